The minimum Gasteiger partial charge on any atom is -0.484 e. The van der Waals surface area contributed by atoms with E-state index in [4.69, 9.17) is 4.74 Å². The number of pyridine rings is 1. The molecule has 0 unspecified atom stereocenters. The summed E-state index contributed by atoms with van der Waals surface area (Å²) in [4.78, 5) is 16.0. The van der Waals surface area contributed by atoms with Crippen LogP contribution in [0.5, 0.6) is 5.75 Å². The standard InChI is InChI=1S/C20H16F3N3O2/c21-20(22,23)14-6-8-15(9-7-14)25-16-10-11-18(24-12-16)26-19(27)13-28-17-4-2-1-3-5-17/h1-12,25H,13H2,(H,24,26,27). The van der Waals surface area contributed by atoms with Gasteiger partial charge in [0.05, 0.1) is 17.4 Å². The van der Waals surface area contributed by atoms with Crippen molar-refractivity contribution < 1.29 is 22.7 Å². The molecule has 0 bridgehead atoms. The fourth-order valence-electron chi connectivity index (χ4n) is 2.30. The Hall–Kier alpha value is -3.55. The van der Waals surface area contributed by atoms with Gasteiger partial charge in [-0.05, 0) is 48.5 Å². The zero-order valence-corrected chi connectivity index (χ0v) is 14.5. The lowest BCUT2D eigenvalue weighted by Gasteiger charge is -2.10. The van der Waals surface area contributed by atoms with Gasteiger partial charge in [0.15, 0.2) is 6.61 Å². The molecule has 0 aliphatic heterocycles. The zero-order valence-electron chi connectivity index (χ0n) is 14.5. The molecule has 0 saturated carbocycles. The van der Waals surface area contributed by atoms with E-state index in [0.29, 0.717) is 22.9 Å². The van der Waals surface area contributed by atoms with Crippen LogP contribution in [0.15, 0.2) is 72.9 Å². The number of benzene rings is 2. The number of carbonyl (C=O) groups excluding carboxylic acids is 1. The van der Waals surface area contributed by atoms with Crippen LogP contribution >= 0.6 is 0 Å². The fraction of sp³-hybridized carbons (Fsp3) is 0.100. The lowest BCUT2D eigenvalue weighted by atomic mass is 10.2. The van der Waals surface area contributed by atoms with Crippen molar-refractivity contribution in [2.45, 2.75) is 6.18 Å². The van der Waals surface area contributed by atoms with Gasteiger partial charge in [-0.3, -0.25) is 4.79 Å². The van der Waals surface area contributed by atoms with Gasteiger partial charge in [0, 0.05) is 5.69 Å². The number of nitrogens with one attached hydrogen (secondary N) is 2. The van der Waals surface area contributed by atoms with Crippen molar-refractivity contribution in [1.82, 2.24) is 4.98 Å². The van der Waals surface area contributed by atoms with Crippen molar-refractivity contribution >= 4 is 23.1 Å². The number of hydrogen-bond donors (Lipinski definition) is 2. The number of hydrogen-bond acceptors (Lipinski definition) is 4. The third kappa shape index (κ3) is 5.47. The van der Waals surface area contributed by atoms with E-state index >= 15 is 0 Å². The maximum absolute atomic E-state index is 12.6. The van der Waals surface area contributed by atoms with Gasteiger partial charge in [0.25, 0.3) is 5.91 Å². The smallest absolute Gasteiger partial charge is 0.416 e. The summed E-state index contributed by atoms with van der Waals surface area (Å²) in [6.07, 6.45) is -2.91. The third-order valence-corrected chi connectivity index (χ3v) is 3.65. The summed E-state index contributed by atoms with van der Waals surface area (Å²) in [6, 6.07) is 16.8. The summed E-state index contributed by atoms with van der Waals surface area (Å²) in [5, 5.41) is 5.54. The second-order valence-electron chi connectivity index (χ2n) is 5.78. The van der Waals surface area contributed by atoms with Gasteiger partial charge < -0.3 is 15.4 Å². The SMILES string of the molecule is O=C(COc1ccccc1)Nc1ccc(Nc2ccc(C(F)(F)F)cc2)cn1. The number of halogens is 3. The highest BCUT2D eigenvalue weighted by Crippen LogP contribution is 2.30. The van der Waals surface area contributed by atoms with Gasteiger partial charge in [-0.25, -0.2) is 4.98 Å². The van der Waals surface area contributed by atoms with Crippen molar-refractivity contribution in [3.63, 3.8) is 0 Å². The van der Waals surface area contributed by atoms with E-state index in [0.717, 1.165) is 12.1 Å². The molecule has 0 spiro atoms. The summed E-state index contributed by atoms with van der Waals surface area (Å²) in [5.74, 6) is 0.557. The van der Waals surface area contributed by atoms with E-state index < -0.39 is 11.7 Å². The van der Waals surface area contributed by atoms with Crippen LogP contribution in [0.4, 0.5) is 30.4 Å². The number of rotatable bonds is 6. The van der Waals surface area contributed by atoms with Crippen LogP contribution in [0, 0.1) is 0 Å². The summed E-state index contributed by atoms with van der Waals surface area (Å²) >= 11 is 0. The summed E-state index contributed by atoms with van der Waals surface area (Å²) < 4.78 is 43.1. The van der Waals surface area contributed by atoms with Crippen LogP contribution in [0.25, 0.3) is 0 Å². The van der Waals surface area contributed by atoms with E-state index in [-0.39, 0.29) is 12.5 Å². The quantitative estimate of drug-likeness (QED) is 0.634. The molecule has 0 aliphatic rings. The lowest BCUT2D eigenvalue weighted by Crippen LogP contribution is -2.20. The highest BCUT2D eigenvalue weighted by Gasteiger charge is 2.29. The number of aromatic nitrogens is 1. The molecule has 1 heterocycles. The molecule has 5 nitrogen and oxygen atoms in total. The first-order chi connectivity index (χ1) is 13.4. The molecule has 1 amide bonds. The zero-order chi connectivity index (χ0) is 20.0. The molecule has 1 aromatic heterocycles. The molecule has 2 aromatic carbocycles. The molecule has 0 atom stereocenters. The Morgan fingerprint density at radius 3 is 2.21 bits per heavy atom. The second-order valence-corrected chi connectivity index (χ2v) is 5.78. The third-order valence-electron chi connectivity index (χ3n) is 3.65. The van der Waals surface area contributed by atoms with Gasteiger partial charge in [0.2, 0.25) is 0 Å². The molecule has 0 radical (unpaired) electrons. The molecule has 2 N–H and O–H groups in total. The number of para-hydroxylation sites is 1. The van der Waals surface area contributed by atoms with Crippen LogP contribution in [0.2, 0.25) is 0 Å². The first-order valence-electron chi connectivity index (χ1n) is 8.28. The Bertz CT molecular complexity index is 912. The lowest BCUT2D eigenvalue weighted by molar-refractivity contribution is -0.137. The first kappa shape index (κ1) is 19.2. The van der Waals surface area contributed by atoms with Gasteiger partial charge in [-0.15, -0.1) is 0 Å². The Labute approximate surface area is 159 Å². The fourth-order valence-corrected chi connectivity index (χ4v) is 2.30. The monoisotopic (exact) mass is 387 g/mol. The van der Waals surface area contributed by atoms with Gasteiger partial charge in [-0.1, -0.05) is 18.2 Å². The van der Waals surface area contributed by atoms with Crippen molar-refractivity contribution in [3.05, 3.63) is 78.5 Å². The normalized spacial score (nSPS) is 11.0. The van der Waals surface area contributed by atoms with Crippen LogP contribution in [0.3, 0.4) is 0 Å². The Morgan fingerprint density at radius 1 is 0.929 bits per heavy atom. The highest BCUT2D eigenvalue weighted by atomic mass is 19.4. The highest BCUT2D eigenvalue weighted by molar-refractivity contribution is 5.91. The van der Waals surface area contributed by atoms with Gasteiger partial charge in [0.1, 0.15) is 11.6 Å². The number of carbonyl (C=O) groups is 1. The van der Waals surface area contributed by atoms with Crippen molar-refractivity contribution in [3.8, 4) is 5.75 Å². The minimum atomic E-state index is -4.37. The largest absolute Gasteiger partial charge is 0.484 e. The molecule has 28 heavy (non-hydrogen) atoms. The predicted octanol–water partition coefficient (Wildman–Crippen LogP) is 4.86. The van der Waals surface area contributed by atoms with Gasteiger partial charge >= 0.3 is 6.18 Å². The molecule has 0 aliphatic carbocycles. The van der Waals surface area contributed by atoms with Crippen LogP contribution in [-0.2, 0) is 11.0 Å². The molecule has 0 saturated heterocycles. The maximum Gasteiger partial charge on any atom is 0.416 e. The Kier molecular flexibility index (Phi) is 5.78. The minimum absolute atomic E-state index is 0.156. The molecule has 144 valence electrons. The Morgan fingerprint density at radius 2 is 1.61 bits per heavy atom. The summed E-state index contributed by atoms with van der Waals surface area (Å²) in [6.45, 7) is -0.156. The number of anilines is 3. The Balaban J connectivity index is 1.52. The van der Waals surface area contributed by atoms with Gasteiger partial charge in [-0.2, -0.15) is 13.2 Å². The van der Waals surface area contributed by atoms with E-state index in [1.807, 2.05) is 6.07 Å². The number of ether oxygens (including phenoxy) is 1. The van der Waals surface area contributed by atoms with Crippen molar-refractivity contribution in [2.75, 3.05) is 17.2 Å². The number of nitrogens with zero attached hydrogens (tertiary/aromatic N) is 1. The van der Waals surface area contributed by atoms with Crippen molar-refractivity contribution in [1.29, 1.82) is 0 Å². The summed E-state index contributed by atoms with van der Waals surface area (Å²) in [7, 11) is 0. The first-order valence-corrected chi connectivity index (χ1v) is 8.28. The van der Waals surface area contributed by atoms with Crippen LogP contribution in [-0.4, -0.2) is 17.5 Å². The molecular weight excluding hydrogens is 371 g/mol. The van der Waals surface area contributed by atoms with E-state index in [1.54, 1.807) is 36.4 Å². The molecule has 3 aromatic rings. The van der Waals surface area contributed by atoms with Crippen LogP contribution < -0.4 is 15.4 Å². The molecule has 3 rings (SSSR count). The molecule has 8 heteroatoms. The van der Waals surface area contributed by atoms with E-state index in [9.17, 15) is 18.0 Å². The molecule has 0 fully saturated rings. The second kappa shape index (κ2) is 8.43. The van der Waals surface area contributed by atoms with E-state index in [2.05, 4.69) is 15.6 Å². The molecular formula is C20H16F3N3O2. The number of amides is 1. The topological polar surface area (TPSA) is 63.2 Å². The maximum atomic E-state index is 12.6. The van der Waals surface area contributed by atoms with Crippen molar-refractivity contribution in [2.24, 2.45) is 0 Å². The number of alkyl halides is 3. The average Bonchev–Trinajstić information content (AvgIpc) is 2.68. The van der Waals surface area contributed by atoms with E-state index in [1.165, 1.54) is 18.3 Å². The predicted molar refractivity (Wildman–Crippen MR) is 99.5 cm³/mol. The average molecular weight is 387 g/mol. The summed E-state index contributed by atoms with van der Waals surface area (Å²) in [5.41, 5.74) is 0.341. The van der Waals surface area contributed by atoms with Crippen LogP contribution in [0.1, 0.15) is 5.56 Å².